The lowest BCUT2D eigenvalue weighted by Gasteiger charge is -2.14. The number of hydrogen-bond acceptors (Lipinski definition) is 4. The molecule has 0 saturated heterocycles. The van der Waals surface area contributed by atoms with Gasteiger partial charge in [0, 0.05) is 16.4 Å². The summed E-state index contributed by atoms with van der Waals surface area (Å²) >= 11 is 6.01. The third-order valence-electron chi connectivity index (χ3n) is 3.21. The molecule has 1 unspecified atom stereocenters. The standard InChI is InChI=1S/C17H17ClN2O3/c1-10-6-7-14(9-15(10)18)20-16(21)11(2)23-17(22)12-4-3-5-13(19)8-12/h3-9,11H,19H2,1-2H3,(H,20,21). The van der Waals surface area contributed by atoms with Crippen LogP contribution >= 0.6 is 11.6 Å². The van der Waals surface area contributed by atoms with E-state index in [9.17, 15) is 9.59 Å². The van der Waals surface area contributed by atoms with Crippen molar-refractivity contribution in [3.05, 3.63) is 58.6 Å². The highest BCUT2D eigenvalue weighted by Crippen LogP contribution is 2.20. The predicted molar refractivity (Wildman–Crippen MR) is 90.6 cm³/mol. The number of carbonyl (C=O) groups is 2. The van der Waals surface area contributed by atoms with Gasteiger partial charge in [-0.1, -0.05) is 23.7 Å². The number of ether oxygens (including phenoxy) is 1. The number of rotatable bonds is 4. The van der Waals surface area contributed by atoms with Crippen molar-refractivity contribution >= 4 is 34.9 Å². The molecule has 0 aliphatic rings. The second-order valence-electron chi connectivity index (χ2n) is 5.13. The lowest BCUT2D eigenvalue weighted by Crippen LogP contribution is -2.30. The molecule has 2 aromatic carbocycles. The molecule has 0 radical (unpaired) electrons. The number of carbonyl (C=O) groups excluding carboxylic acids is 2. The normalized spacial score (nSPS) is 11.6. The molecule has 6 heteroatoms. The first kappa shape index (κ1) is 16.8. The molecule has 23 heavy (non-hydrogen) atoms. The zero-order valence-corrected chi connectivity index (χ0v) is 13.6. The number of anilines is 2. The highest BCUT2D eigenvalue weighted by Gasteiger charge is 2.19. The van der Waals surface area contributed by atoms with Gasteiger partial charge in [-0.3, -0.25) is 4.79 Å². The number of benzene rings is 2. The number of nitrogens with two attached hydrogens (primary N) is 1. The monoisotopic (exact) mass is 332 g/mol. The molecule has 5 nitrogen and oxygen atoms in total. The topological polar surface area (TPSA) is 81.4 Å². The summed E-state index contributed by atoms with van der Waals surface area (Å²) in [4.78, 5) is 24.1. The van der Waals surface area contributed by atoms with E-state index < -0.39 is 18.0 Å². The molecule has 0 fully saturated rings. The molecule has 1 atom stereocenters. The van der Waals surface area contributed by atoms with Gasteiger partial charge in [0.15, 0.2) is 6.10 Å². The molecular weight excluding hydrogens is 316 g/mol. The van der Waals surface area contributed by atoms with Gasteiger partial charge in [-0.2, -0.15) is 0 Å². The third-order valence-corrected chi connectivity index (χ3v) is 3.62. The summed E-state index contributed by atoms with van der Waals surface area (Å²) in [5, 5.41) is 3.20. The summed E-state index contributed by atoms with van der Waals surface area (Å²) in [5.74, 6) is -1.05. The van der Waals surface area contributed by atoms with E-state index in [0.717, 1.165) is 5.56 Å². The molecule has 3 N–H and O–H groups in total. The zero-order chi connectivity index (χ0) is 17.0. The number of hydrogen-bond donors (Lipinski definition) is 2. The summed E-state index contributed by atoms with van der Waals surface area (Å²) in [6.07, 6.45) is -0.955. The van der Waals surface area contributed by atoms with Crippen LogP contribution in [0.15, 0.2) is 42.5 Å². The van der Waals surface area contributed by atoms with E-state index in [0.29, 0.717) is 22.0 Å². The Bertz CT molecular complexity index is 746. The van der Waals surface area contributed by atoms with Gasteiger partial charge in [0.25, 0.3) is 5.91 Å². The molecule has 0 heterocycles. The first-order valence-electron chi connectivity index (χ1n) is 7.00. The van der Waals surface area contributed by atoms with Crippen molar-refractivity contribution in [2.75, 3.05) is 11.1 Å². The van der Waals surface area contributed by atoms with Crippen LogP contribution in [0.1, 0.15) is 22.8 Å². The van der Waals surface area contributed by atoms with Crippen LogP contribution in [0, 0.1) is 6.92 Å². The van der Waals surface area contributed by atoms with E-state index in [2.05, 4.69) is 5.32 Å². The number of amides is 1. The van der Waals surface area contributed by atoms with E-state index in [1.54, 1.807) is 36.4 Å². The Morgan fingerprint density at radius 1 is 1.22 bits per heavy atom. The molecule has 0 spiro atoms. The second kappa shape index (κ2) is 7.15. The maximum atomic E-state index is 12.1. The van der Waals surface area contributed by atoms with Crippen LogP contribution in [0.2, 0.25) is 5.02 Å². The second-order valence-corrected chi connectivity index (χ2v) is 5.53. The average molecular weight is 333 g/mol. The number of nitrogens with one attached hydrogen (secondary N) is 1. The molecule has 0 aliphatic heterocycles. The van der Waals surface area contributed by atoms with Crippen LogP contribution in [0.3, 0.4) is 0 Å². The van der Waals surface area contributed by atoms with Gasteiger partial charge in [-0.15, -0.1) is 0 Å². The van der Waals surface area contributed by atoms with Gasteiger partial charge in [-0.05, 0) is 49.7 Å². The summed E-state index contributed by atoms with van der Waals surface area (Å²) in [6, 6.07) is 11.5. The lowest BCUT2D eigenvalue weighted by molar-refractivity contribution is -0.123. The Morgan fingerprint density at radius 3 is 2.61 bits per heavy atom. The van der Waals surface area contributed by atoms with Crippen molar-refractivity contribution in [2.24, 2.45) is 0 Å². The van der Waals surface area contributed by atoms with E-state index in [4.69, 9.17) is 22.1 Å². The smallest absolute Gasteiger partial charge is 0.338 e. The fraction of sp³-hybridized carbons (Fsp3) is 0.176. The van der Waals surface area contributed by atoms with Crippen molar-refractivity contribution in [3.8, 4) is 0 Å². The summed E-state index contributed by atoms with van der Waals surface area (Å²) in [5.41, 5.74) is 7.81. The lowest BCUT2D eigenvalue weighted by atomic mass is 10.2. The summed E-state index contributed by atoms with van der Waals surface area (Å²) < 4.78 is 5.14. The quantitative estimate of drug-likeness (QED) is 0.664. The highest BCUT2D eigenvalue weighted by molar-refractivity contribution is 6.31. The first-order chi connectivity index (χ1) is 10.9. The van der Waals surface area contributed by atoms with E-state index in [-0.39, 0.29) is 0 Å². The molecule has 0 aliphatic carbocycles. The van der Waals surface area contributed by atoms with Gasteiger partial charge in [-0.25, -0.2) is 4.79 Å². The van der Waals surface area contributed by atoms with Gasteiger partial charge >= 0.3 is 5.97 Å². The fourth-order valence-electron chi connectivity index (χ4n) is 1.86. The highest BCUT2D eigenvalue weighted by atomic mass is 35.5. The summed E-state index contributed by atoms with van der Waals surface area (Å²) in [6.45, 7) is 3.36. The fourth-order valence-corrected chi connectivity index (χ4v) is 2.04. The first-order valence-corrected chi connectivity index (χ1v) is 7.38. The number of aryl methyl sites for hydroxylation is 1. The maximum Gasteiger partial charge on any atom is 0.338 e. The van der Waals surface area contributed by atoms with Gasteiger partial charge in [0.1, 0.15) is 0 Å². The van der Waals surface area contributed by atoms with Crippen molar-refractivity contribution < 1.29 is 14.3 Å². The van der Waals surface area contributed by atoms with Crippen molar-refractivity contribution in [1.82, 2.24) is 0 Å². The molecule has 2 rings (SSSR count). The molecule has 0 saturated carbocycles. The third kappa shape index (κ3) is 4.47. The van der Waals surface area contributed by atoms with Crippen LogP contribution in [-0.4, -0.2) is 18.0 Å². The van der Waals surface area contributed by atoms with Crippen molar-refractivity contribution in [3.63, 3.8) is 0 Å². The van der Waals surface area contributed by atoms with E-state index >= 15 is 0 Å². The largest absolute Gasteiger partial charge is 0.449 e. The Morgan fingerprint density at radius 2 is 1.96 bits per heavy atom. The van der Waals surface area contributed by atoms with Crippen molar-refractivity contribution in [2.45, 2.75) is 20.0 Å². The average Bonchev–Trinajstić information content (AvgIpc) is 2.50. The van der Waals surface area contributed by atoms with Crippen LogP contribution < -0.4 is 11.1 Å². The minimum absolute atomic E-state index is 0.294. The molecular formula is C17H17ClN2O3. The van der Waals surface area contributed by atoms with Crippen LogP contribution in [0.4, 0.5) is 11.4 Å². The number of esters is 1. The minimum Gasteiger partial charge on any atom is -0.449 e. The van der Waals surface area contributed by atoms with E-state index in [1.165, 1.54) is 13.0 Å². The zero-order valence-electron chi connectivity index (χ0n) is 12.8. The summed E-state index contributed by atoms with van der Waals surface area (Å²) in [7, 11) is 0. The Hall–Kier alpha value is -2.53. The maximum absolute atomic E-state index is 12.1. The number of nitrogen functional groups attached to an aromatic ring is 1. The number of halogens is 1. The van der Waals surface area contributed by atoms with Crippen LogP contribution in [0.5, 0.6) is 0 Å². The van der Waals surface area contributed by atoms with Gasteiger partial charge < -0.3 is 15.8 Å². The van der Waals surface area contributed by atoms with Gasteiger partial charge in [0.2, 0.25) is 0 Å². The van der Waals surface area contributed by atoms with Gasteiger partial charge in [0.05, 0.1) is 5.56 Å². The molecule has 1 amide bonds. The molecule has 0 bridgehead atoms. The predicted octanol–water partition coefficient (Wildman–Crippen LogP) is 3.41. The van der Waals surface area contributed by atoms with Crippen LogP contribution in [-0.2, 0) is 9.53 Å². The molecule has 2 aromatic rings. The molecule has 0 aromatic heterocycles. The van der Waals surface area contributed by atoms with Crippen LogP contribution in [0.25, 0.3) is 0 Å². The Balaban J connectivity index is 1.99. The molecule has 120 valence electrons. The van der Waals surface area contributed by atoms with Crippen molar-refractivity contribution in [1.29, 1.82) is 0 Å². The Labute approximate surface area is 139 Å². The SMILES string of the molecule is Cc1ccc(NC(=O)C(C)OC(=O)c2cccc(N)c2)cc1Cl. The Kier molecular flexibility index (Phi) is 5.24. The van der Waals surface area contributed by atoms with E-state index in [1.807, 2.05) is 6.92 Å². The minimum atomic E-state index is -0.955.